The number of esters is 4. The fraction of sp³-hybridized carbons (Fsp3) is 0.941. The van der Waals surface area contributed by atoms with Crippen LogP contribution in [0.2, 0.25) is 0 Å². The minimum atomic E-state index is -4.95. The van der Waals surface area contributed by atoms with Crippen LogP contribution in [-0.4, -0.2) is 96.7 Å². The van der Waals surface area contributed by atoms with Crippen LogP contribution < -0.4 is 0 Å². The van der Waals surface area contributed by atoms with E-state index >= 15 is 0 Å². The first-order chi connectivity index (χ1) is 42.0. The first-order valence-corrected chi connectivity index (χ1v) is 38.6. The molecule has 87 heavy (non-hydrogen) atoms. The second kappa shape index (κ2) is 61.6. The molecule has 0 aromatic heterocycles. The molecule has 0 aliphatic heterocycles. The Hall–Kier alpha value is -1.94. The van der Waals surface area contributed by atoms with Gasteiger partial charge in [0.25, 0.3) is 0 Å². The van der Waals surface area contributed by atoms with Crippen molar-refractivity contribution < 1.29 is 80.2 Å². The molecule has 0 amide bonds. The lowest BCUT2D eigenvalue weighted by Gasteiger charge is -2.21. The van der Waals surface area contributed by atoms with E-state index in [1.54, 1.807) is 0 Å². The maximum absolute atomic E-state index is 13.0. The van der Waals surface area contributed by atoms with Gasteiger partial charge in [-0.25, -0.2) is 9.13 Å². The molecule has 0 radical (unpaired) electrons. The molecule has 0 bridgehead atoms. The Labute approximate surface area is 530 Å². The molecule has 516 valence electrons. The molecule has 0 saturated carbocycles. The van der Waals surface area contributed by atoms with E-state index in [0.717, 1.165) is 95.8 Å². The zero-order valence-electron chi connectivity index (χ0n) is 56.2. The molecule has 3 N–H and O–H groups in total. The summed E-state index contributed by atoms with van der Waals surface area (Å²) in [6, 6.07) is 0. The van der Waals surface area contributed by atoms with Gasteiger partial charge in [0.2, 0.25) is 0 Å². The SMILES string of the molecule is CCCCCCCCCCCCCCCCC(=O)O[C@H](COC(=O)CCCCCCCCCCC(C)C)COP(=O)(O)OC[C@@H](O)COP(=O)(O)OC[C@@H](COC(=O)CCCCCCCCCCCCC)OC(=O)CCCCCCCCCCCCC. The maximum atomic E-state index is 13.0. The summed E-state index contributed by atoms with van der Waals surface area (Å²) < 4.78 is 68.2. The smallest absolute Gasteiger partial charge is 0.462 e. The second-order valence-electron chi connectivity index (χ2n) is 25.0. The van der Waals surface area contributed by atoms with Crippen molar-refractivity contribution in [3.8, 4) is 0 Å². The van der Waals surface area contributed by atoms with Gasteiger partial charge < -0.3 is 33.8 Å². The zero-order valence-corrected chi connectivity index (χ0v) is 57.9. The highest BCUT2D eigenvalue weighted by atomic mass is 31.2. The molecule has 19 heteroatoms. The third-order valence-electron chi connectivity index (χ3n) is 15.8. The maximum Gasteiger partial charge on any atom is 0.472 e. The predicted molar refractivity (Wildman–Crippen MR) is 349 cm³/mol. The molecular formula is C68H132O17P2. The Balaban J connectivity index is 5.24. The first-order valence-electron chi connectivity index (χ1n) is 35.6. The molecule has 0 spiro atoms. The van der Waals surface area contributed by atoms with Gasteiger partial charge >= 0.3 is 39.5 Å². The number of aliphatic hydroxyl groups excluding tert-OH is 1. The topological polar surface area (TPSA) is 237 Å². The molecule has 17 nitrogen and oxygen atoms in total. The van der Waals surface area contributed by atoms with Crippen LogP contribution in [0.5, 0.6) is 0 Å². The van der Waals surface area contributed by atoms with Crippen molar-refractivity contribution in [3.63, 3.8) is 0 Å². The number of unbranched alkanes of at least 4 members (excludes halogenated alkanes) is 40. The minimum Gasteiger partial charge on any atom is -0.462 e. The summed E-state index contributed by atoms with van der Waals surface area (Å²) in [5, 5.41) is 10.6. The number of ether oxygens (including phenoxy) is 4. The molecule has 0 heterocycles. The highest BCUT2D eigenvalue weighted by molar-refractivity contribution is 7.47. The van der Waals surface area contributed by atoms with Crippen molar-refractivity contribution in [2.24, 2.45) is 5.92 Å². The van der Waals surface area contributed by atoms with Crippen LogP contribution in [0, 0.1) is 5.92 Å². The molecule has 5 atom stereocenters. The summed E-state index contributed by atoms with van der Waals surface area (Å²) in [5.74, 6) is -1.40. The number of carbonyl (C=O) groups is 4. The average molecular weight is 1280 g/mol. The molecule has 0 fully saturated rings. The Kier molecular flexibility index (Phi) is 60.2. The first kappa shape index (κ1) is 85.1. The van der Waals surface area contributed by atoms with Gasteiger partial charge in [0.1, 0.15) is 19.3 Å². The number of phosphoric ester groups is 2. The lowest BCUT2D eigenvalue weighted by Crippen LogP contribution is -2.30. The van der Waals surface area contributed by atoms with E-state index in [0.29, 0.717) is 25.7 Å². The molecule has 0 aliphatic rings. The van der Waals surface area contributed by atoms with Gasteiger partial charge in [-0.15, -0.1) is 0 Å². The van der Waals surface area contributed by atoms with Crippen LogP contribution >= 0.6 is 15.6 Å². The highest BCUT2D eigenvalue weighted by Gasteiger charge is 2.30. The largest absolute Gasteiger partial charge is 0.472 e. The van der Waals surface area contributed by atoms with Crippen LogP contribution in [0.25, 0.3) is 0 Å². The van der Waals surface area contributed by atoms with Crippen molar-refractivity contribution in [3.05, 3.63) is 0 Å². The molecule has 0 saturated heterocycles. The Morgan fingerprint density at radius 2 is 0.529 bits per heavy atom. The number of rotatable bonds is 68. The summed E-state index contributed by atoms with van der Waals surface area (Å²) >= 11 is 0. The van der Waals surface area contributed by atoms with Gasteiger partial charge in [-0.2, -0.15) is 0 Å². The quantitative estimate of drug-likeness (QED) is 0.0222. The van der Waals surface area contributed by atoms with Gasteiger partial charge in [-0.3, -0.25) is 37.3 Å². The number of hydrogen-bond donors (Lipinski definition) is 3. The summed E-state index contributed by atoms with van der Waals surface area (Å²) in [7, 11) is -9.89. The Morgan fingerprint density at radius 3 is 0.782 bits per heavy atom. The number of aliphatic hydroxyl groups is 1. The fourth-order valence-corrected chi connectivity index (χ4v) is 11.9. The van der Waals surface area contributed by atoms with Gasteiger partial charge in [-0.05, 0) is 31.6 Å². The molecule has 0 aromatic rings. The number of phosphoric acid groups is 2. The van der Waals surface area contributed by atoms with E-state index in [-0.39, 0.29) is 25.7 Å². The lowest BCUT2D eigenvalue weighted by molar-refractivity contribution is -0.161. The average Bonchev–Trinajstić information content (AvgIpc) is 3.70. The van der Waals surface area contributed by atoms with E-state index < -0.39 is 97.5 Å². The van der Waals surface area contributed by atoms with E-state index in [1.165, 1.54) is 173 Å². The molecule has 0 aliphatic carbocycles. The van der Waals surface area contributed by atoms with Crippen molar-refractivity contribution in [2.45, 2.75) is 368 Å². The zero-order chi connectivity index (χ0) is 64.2. The van der Waals surface area contributed by atoms with Gasteiger partial charge in [0.15, 0.2) is 12.2 Å². The fourth-order valence-electron chi connectivity index (χ4n) is 10.3. The van der Waals surface area contributed by atoms with E-state index in [4.69, 9.17) is 37.0 Å². The standard InChI is InChI=1S/C68H132O17P2/c1-6-9-12-15-18-21-24-25-26-29-32-39-44-49-54-68(73)85-64(58-79-66(71)52-47-42-37-34-33-35-40-45-50-61(4)5)60-83-87(76,77)81-56-62(69)55-80-86(74,75)82-59-63(84-67(72)53-48-43-38-31-28-23-20-17-14-11-8-3)57-78-65(70)51-46-41-36-30-27-22-19-16-13-10-7-2/h61-64,69H,6-60H2,1-5H3,(H,74,75)(H,76,77)/t62-,63+,64+/m0/s1. The molecule has 0 aromatic carbocycles. The lowest BCUT2D eigenvalue weighted by atomic mass is 10.0. The minimum absolute atomic E-state index is 0.107. The van der Waals surface area contributed by atoms with Crippen LogP contribution in [-0.2, 0) is 65.4 Å². The van der Waals surface area contributed by atoms with Crippen LogP contribution in [0.15, 0.2) is 0 Å². The van der Waals surface area contributed by atoms with E-state index in [1.807, 2.05) is 0 Å². The molecule has 0 rings (SSSR count). The van der Waals surface area contributed by atoms with Crippen molar-refractivity contribution in [2.75, 3.05) is 39.6 Å². The van der Waals surface area contributed by atoms with Crippen molar-refractivity contribution in [1.82, 2.24) is 0 Å². The third-order valence-corrected chi connectivity index (χ3v) is 17.7. The van der Waals surface area contributed by atoms with Crippen LogP contribution in [0.1, 0.15) is 349 Å². The van der Waals surface area contributed by atoms with Crippen LogP contribution in [0.4, 0.5) is 0 Å². The molecular weight excluding hydrogens is 1150 g/mol. The normalized spacial score (nSPS) is 14.1. The van der Waals surface area contributed by atoms with Crippen LogP contribution in [0.3, 0.4) is 0 Å². The summed E-state index contributed by atoms with van der Waals surface area (Å²) in [4.78, 5) is 72.4. The summed E-state index contributed by atoms with van der Waals surface area (Å²) in [6.07, 6.45) is 47.0. The van der Waals surface area contributed by atoms with Gasteiger partial charge in [0, 0.05) is 25.7 Å². The number of hydrogen-bond acceptors (Lipinski definition) is 15. The van der Waals surface area contributed by atoms with Gasteiger partial charge in [0.05, 0.1) is 26.4 Å². The monoisotopic (exact) mass is 1280 g/mol. The third kappa shape index (κ3) is 62.6. The summed E-state index contributed by atoms with van der Waals surface area (Å²) in [6.45, 7) is 7.20. The van der Waals surface area contributed by atoms with Crippen molar-refractivity contribution in [1.29, 1.82) is 0 Å². The highest BCUT2D eigenvalue weighted by Crippen LogP contribution is 2.45. The summed E-state index contributed by atoms with van der Waals surface area (Å²) in [5.41, 5.74) is 0. The van der Waals surface area contributed by atoms with E-state index in [2.05, 4.69) is 34.6 Å². The Morgan fingerprint density at radius 1 is 0.310 bits per heavy atom. The Bertz CT molecular complexity index is 1690. The number of carbonyl (C=O) groups excluding carboxylic acids is 4. The predicted octanol–water partition coefficient (Wildman–Crippen LogP) is 19.4. The van der Waals surface area contributed by atoms with Crippen molar-refractivity contribution >= 4 is 39.5 Å². The molecule has 2 unspecified atom stereocenters. The second-order valence-corrected chi connectivity index (χ2v) is 27.9. The van der Waals surface area contributed by atoms with E-state index in [9.17, 15) is 43.2 Å². The van der Waals surface area contributed by atoms with Gasteiger partial charge in [-0.1, -0.05) is 298 Å².